The van der Waals surface area contributed by atoms with E-state index in [2.05, 4.69) is 10.1 Å². The molecule has 0 aliphatic carbocycles. The molecule has 2 aromatic rings. The van der Waals surface area contributed by atoms with Crippen molar-refractivity contribution in [1.82, 2.24) is 15.0 Å². The summed E-state index contributed by atoms with van der Waals surface area (Å²) in [6.07, 6.45) is 1.23. The molecule has 1 aromatic carbocycles. The minimum absolute atomic E-state index is 0.197. The van der Waals surface area contributed by atoms with E-state index in [9.17, 15) is 4.79 Å². The first-order chi connectivity index (χ1) is 10.1. The first-order valence-corrected chi connectivity index (χ1v) is 7.02. The molecule has 1 fully saturated rings. The van der Waals surface area contributed by atoms with Crippen LogP contribution in [0.1, 0.15) is 22.2 Å². The summed E-state index contributed by atoms with van der Waals surface area (Å²) in [6.45, 7) is 1.20. The molecule has 3 rings (SSSR count). The van der Waals surface area contributed by atoms with Gasteiger partial charge in [0.1, 0.15) is 6.04 Å². The molecule has 0 saturated carbocycles. The van der Waals surface area contributed by atoms with Crippen molar-refractivity contribution in [3.63, 3.8) is 0 Å². The molecule has 2 heterocycles. The molecule has 1 atom stereocenters. The Balaban J connectivity index is 1.90. The van der Waals surface area contributed by atoms with Crippen LogP contribution in [0.15, 0.2) is 29.1 Å². The maximum atomic E-state index is 12.7. The second-order valence-corrected chi connectivity index (χ2v) is 5.41. The van der Waals surface area contributed by atoms with Crippen LogP contribution in [-0.4, -0.2) is 40.7 Å². The van der Waals surface area contributed by atoms with Crippen LogP contribution in [0, 0.1) is 0 Å². The Hall–Kier alpha value is -1.63. The third-order valence-electron chi connectivity index (χ3n) is 3.18. The Morgan fingerprint density at radius 3 is 2.71 bits per heavy atom. The maximum absolute atomic E-state index is 12.7. The SMILES string of the molecule is O=C(c1cc(Cl)cc(Cl)c1)N1CCOC[C@@H]1c1ncon1. The summed E-state index contributed by atoms with van der Waals surface area (Å²) < 4.78 is 10.1. The highest BCUT2D eigenvalue weighted by Gasteiger charge is 2.32. The second kappa shape index (κ2) is 6.01. The topological polar surface area (TPSA) is 68.5 Å². The largest absolute Gasteiger partial charge is 0.377 e. The second-order valence-electron chi connectivity index (χ2n) is 4.54. The first-order valence-electron chi connectivity index (χ1n) is 6.26. The van der Waals surface area contributed by atoms with Gasteiger partial charge in [-0.25, -0.2) is 0 Å². The van der Waals surface area contributed by atoms with Gasteiger partial charge in [-0.2, -0.15) is 4.98 Å². The van der Waals surface area contributed by atoms with E-state index in [0.29, 0.717) is 41.2 Å². The van der Waals surface area contributed by atoms with Crippen molar-refractivity contribution in [3.8, 4) is 0 Å². The molecule has 0 radical (unpaired) electrons. The normalized spacial score (nSPS) is 18.8. The summed E-state index contributed by atoms with van der Waals surface area (Å²) in [5.74, 6) is 0.216. The maximum Gasteiger partial charge on any atom is 0.254 e. The molecule has 6 nitrogen and oxygen atoms in total. The van der Waals surface area contributed by atoms with Crippen LogP contribution in [-0.2, 0) is 4.74 Å². The van der Waals surface area contributed by atoms with Crippen molar-refractivity contribution in [2.75, 3.05) is 19.8 Å². The van der Waals surface area contributed by atoms with Crippen LogP contribution in [0.3, 0.4) is 0 Å². The van der Waals surface area contributed by atoms with Crippen molar-refractivity contribution in [2.45, 2.75) is 6.04 Å². The zero-order valence-corrected chi connectivity index (χ0v) is 12.3. The molecule has 110 valence electrons. The van der Waals surface area contributed by atoms with Gasteiger partial charge in [-0.3, -0.25) is 4.79 Å². The van der Waals surface area contributed by atoms with Gasteiger partial charge in [-0.05, 0) is 18.2 Å². The van der Waals surface area contributed by atoms with Gasteiger partial charge in [0.05, 0.1) is 13.2 Å². The van der Waals surface area contributed by atoms with Crippen LogP contribution < -0.4 is 0 Å². The van der Waals surface area contributed by atoms with Gasteiger partial charge >= 0.3 is 0 Å². The number of aromatic nitrogens is 2. The summed E-state index contributed by atoms with van der Waals surface area (Å²) in [4.78, 5) is 18.3. The van der Waals surface area contributed by atoms with E-state index in [1.165, 1.54) is 6.39 Å². The number of hydrogen-bond donors (Lipinski definition) is 0. The molecule has 0 unspecified atom stereocenters. The third kappa shape index (κ3) is 3.02. The van der Waals surface area contributed by atoms with Crippen molar-refractivity contribution < 1.29 is 14.1 Å². The van der Waals surface area contributed by atoms with Gasteiger partial charge in [0.2, 0.25) is 6.39 Å². The summed E-state index contributed by atoms with van der Waals surface area (Å²) in [7, 11) is 0. The predicted molar refractivity (Wildman–Crippen MR) is 75.4 cm³/mol. The fourth-order valence-corrected chi connectivity index (χ4v) is 2.76. The highest BCUT2D eigenvalue weighted by molar-refractivity contribution is 6.35. The summed E-state index contributed by atoms with van der Waals surface area (Å²) >= 11 is 11.9. The minimum Gasteiger partial charge on any atom is -0.377 e. The average Bonchev–Trinajstić information content (AvgIpc) is 2.99. The average molecular weight is 328 g/mol. The molecule has 1 aliphatic rings. The minimum atomic E-state index is -0.386. The van der Waals surface area contributed by atoms with Crippen molar-refractivity contribution in [3.05, 3.63) is 46.0 Å². The number of benzene rings is 1. The fraction of sp³-hybridized carbons (Fsp3) is 0.308. The van der Waals surface area contributed by atoms with Crippen LogP contribution in [0.25, 0.3) is 0 Å². The van der Waals surface area contributed by atoms with E-state index in [1.807, 2.05) is 0 Å². The molecule has 21 heavy (non-hydrogen) atoms. The van der Waals surface area contributed by atoms with Gasteiger partial charge in [0, 0.05) is 22.2 Å². The molecule has 1 amide bonds. The Morgan fingerprint density at radius 2 is 2.05 bits per heavy atom. The molecule has 8 heteroatoms. The number of halogens is 2. The Labute approximate surface area is 130 Å². The van der Waals surface area contributed by atoms with Crippen LogP contribution in [0.5, 0.6) is 0 Å². The van der Waals surface area contributed by atoms with Crippen LogP contribution >= 0.6 is 23.2 Å². The zero-order valence-electron chi connectivity index (χ0n) is 10.8. The number of carbonyl (C=O) groups is 1. The van der Waals surface area contributed by atoms with E-state index in [1.54, 1.807) is 23.1 Å². The van der Waals surface area contributed by atoms with E-state index in [-0.39, 0.29) is 11.9 Å². The van der Waals surface area contributed by atoms with Crippen LogP contribution in [0.4, 0.5) is 0 Å². The molecular formula is C13H11Cl2N3O3. The molecule has 1 aromatic heterocycles. The van der Waals surface area contributed by atoms with E-state index < -0.39 is 0 Å². The number of ether oxygens (including phenoxy) is 1. The predicted octanol–water partition coefficient (Wildman–Crippen LogP) is 2.59. The number of rotatable bonds is 2. The number of amides is 1. The van der Waals surface area contributed by atoms with Crippen molar-refractivity contribution >= 4 is 29.1 Å². The summed E-state index contributed by atoms with van der Waals surface area (Å²) in [5.41, 5.74) is 0.419. The quantitative estimate of drug-likeness (QED) is 0.848. The summed E-state index contributed by atoms with van der Waals surface area (Å²) in [5, 5.41) is 4.61. The smallest absolute Gasteiger partial charge is 0.254 e. The lowest BCUT2D eigenvalue weighted by molar-refractivity contribution is -0.00576. The number of morpholine rings is 1. The monoisotopic (exact) mass is 327 g/mol. The number of carbonyl (C=O) groups excluding carboxylic acids is 1. The van der Waals surface area contributed by atoms with Crippen molar-refractivity contribution in [1.29, 1.82) is 0 Å². The van der Waals surface area contributed by atoms with Crippen LogP contribution in [0.2, 0.25) is 10.0 Å². The standard InChI is InChI=1S/C13H11Cl2N3O3/c14-9-3-8(4-10(15)5-9)13(19)18-1-2-20-6-11(18)12-16-7-21-17-12/h3-5,7,11H,1-2,6H2/t11-/m1/s1. The molecule has 0 spiro atoms. The lowest BCUT2D eigenvalue weighted by atomic mass is 10.1. The Bertz CT molecular complexity index is 628. The van der Waals surface area contributed by atoms with Gasteiger partial charge in [0.15, 0.2) is 5.82 Å². The van der Waals surface area contributed by atoms with Gasteiger partial charge in [0.25, 0.3) is 5.91 Å². The highest BCUT2D eigenvalue weighted by Crippen LogP contribution is 2.26. The first kappa shape index (κ1) is 14.3. The van der Waals surface area contributed by atoms with E-state index in [0.717, 1.165) is 0 Å². The lowest BCUT2D eigenvalue weighted by Crippen LogP contribution is -2.43. The summed E-state index contributed by atoms with van der Waals surface area (Å²) in [6, 6.07) is 4.36. The van der Waals surface area contributed by atoms with Gasteiger partial charge < -0.3 is 14.2 Å². The Morgan fingerprint density at radius 1 is 1.29 bits per heavy atom. The molecular weight excluding hydrogens is 317 g/mol. The highest BCUT2D eigenvalue weighted by atomic mass is 35.5. The van der Waals surface area contributed by atoms with E-state index in [4.69, 9.17) is 32.5 Å². The van der Waals surface area contributed by atoms with Crippen molar-refractivity contribution in [2.24, 2.45) is 0 Å². The molecule has 0 N–H and O–H groups in total. The van der Waals surface area contributed by atoms with Gasteiger partial charge in [-0.15, -0.1) is 0 Å². The fourth-order valence-electron chi connectivity index (χ4n) is 2.23. The molecule has 1 aliphatic heterocycles. The number of nitrogens with zero attached hydrogens (tertiary/aromatic N) is 3. The zero-order chi connectivity index (χ0) is 14.8. The molecule has 0 bridgehead atoms. The molecule has 1 saturated heterocycles. The van der Waals surface area contributed by atoms with E-state index >= 15 is 0 Å². The Kier molecular flexibility index (Phi) is 4.10. The number of hydrogen-bond acceptors (Lipinski definition) is 5. The third-order valence-corrected chi connectivity index (χ3v) is 3.61. The lowest BCUT2D eigenvalue weighted by Gasteiger charge is -2.33. The van der Waals surface area contributed by atoms with Gasteiger partial charge in [-0.1, -0.05) is 28.4 Å².